The molecule has 2 fully saturated rings. The fourth-order valence-corrected chi connectivity index (χ4v) is 4.55. The van der Waals surface area contributed by atoms with Crippen LogP contribution in [0.5, 0.6) is 0 Å². The Bertz CT molecular complexity index is 588. The van der Waals surface area contributed by atoms with Crippen molar-refractivity contribution in [3.05, 3.63) is 28.2 Å². The molecule has 2 aliphatic rings. The number of hydrogen-bond acceptors (Lipinski definition) is 4. The van der Waals surface area contributed by atoms with Crippen LogP contribution in [-0.2, 0) is 20.2 Å². The van der Waals surface area contributed by atoms with Crippen LogP contribution in [0.15, 0.2) is 27.6 Å². The maximum Gasteiger partial charge on any atom is 0.186 e. The smallest absolute Gasteiger partial charge is 0.186 e. The van der Waals surface area contributed by atoms with Crippen molar-refractivity contribution >= 4 is 25.8 Å². The molecular weight excluding hydrogens is 320 g/mol. The third-order valence-corrected chi connectivity index (χ3v) is 6.58. The number of ether oxygens (including phenoxy) is 1. The third-order valence-electron chi connectivity index (χ3n) is 3.55. The molecule has 1 saturated carbocycles. The van der Waals surface area contributed by atoms with Crippen molar-refractivity contribution < 1.29 is 18.3 Å². The second kappa shape index (κ2) is 4.03. The number of aliphatic hydroxyl groups is 1. The molecule has 0 bridgehead atoms. The lowest BCUT2D eigenvalue weighted by atomic mass is 10.1. The zero-order valence-electron chi connectivity index (χ0n) is 9.60. The Kier molecular flexibility index (Phi) is 2.82. The van der Waals surface area contributed by atoms with E-state index in [1.807, 2.05) is 0 Å². The minimum atomic E-state index is -3.33. The van der Waals surface area contributed by atoms with Crippen LogP contribution in [-0.4, -0.2) is 32.0 Å². The van der Waals surface area contributed by atoms with Crippen LogP contribution in [0.2, 0.25) is 0 Å². The maximum absolute atomic E-state index is 12.2. The fourth-order valence-electron chi connectivity index (χ4n) is 2.00. The summed E-state index contributed by atoms with van der Waals surface area (Å²) in [7, 11) is -3.33. The third kappa shape index (κ3) is 1.91. The second-order valence-corrected chi connectivity index (χ2v) is 7.93. The molecule has 0 unspecified atom stereocenters. The van der Waals surface area contributed by atoms with Crippen LogP contribution < -0.4 is 0 Å². The zero-order chi connectivity index (χ0) is 13.0. The fraction of sp³-hybridized carbons (Fsp3) is 0.500. The summed E-state index contributed by atoms with van der Waals surface area (Å²) in [4.78, 5) is 0.281. The van der Waals surface area contributed by atoms with E-state index in [4.69, 9.17) is 4.74 Å². The monoisotopic (exact) mass is 332 g/mol. The normalized spacial score (nSPS) is 22.6. The van der Waals surface area contributed by atoms with E-state index >= 15 is 0 Å². The van der Waals surface area contributed by atoms with Gasteiger partial charge in [-0.15, -0.1) is 0 Å². The van der Waals surface area contributed by atoms with Gasteiger partial charge in [0.25, 0.3) is 0 Å². The van der Waals surface area contributed by atoms with Gasteiger partial charge in [0, 0.05) is 4.47 Å². The molecule has 1 heterocycles. The molecule has 1 aliphatic heterocycles. The van der Waals surface area contributed by atoms with Crippen molar-refractivity contribution in [3.63, 3.8) is 0 Å². The van der Waals surface area contributed by atoms with E-state index < -0.39 is 20.7 Å². The topological polar surface area (TPSA) is 63.6 Å². The van der Waals surface area contributed by atoms with E-state index in [2.05, 4.69) is 15.9 Å². The van der Waals surface area contributed by atoms with Gasteiger partial charge in [-0.05, 0) is 46.5 Å². The van der Waals surface area contributed by atoms with E-state index in [-0.39, 0.29) is 18.1 Å². The van der Waals surface area contributed by atoms with E-state index in [0.29, 0.717) is 4.47 Å². The number of benzene rings is 1. The average molecular weight is 333 g/mol. The van der Waals surface area contributed by atoms with Crippen LogP contribution in [0, 0.1) is 0 Å². The summed E-state index contributed by atoms with van der Waals surface area (Å²) >= 11 is 3.29. The van der Waals surface area contributed by atoms with Gasteiger partial charge in [0.05, 0.1) is 23.7 Å². The molecule has 3 rings (SSSR count). The predicted octanol–water partition coefficient (Wildman–Crippen LogP) is 1.60. The Morgan fingerprint density at radius 1 is 1.33 bits per heavy atom. The van der Waals surface area contributed by atoms with Gasteiger partial charge in [-0.2, -0.15) is 0 Å². The second-order valence-electron chi connectivity index (χ2n) is 4.88. The first-order valence-electron chi connectivity index (χ1n) is 5.77. The quantitative estimate of drug-likeness (QED) is 0.913. The van der Waals surface area contributed by atoms with Gasteiger partial charge in [-0.25, -0.2) is 8.42 Å². The summed E-state index contributed by atoms with van der Waals surface area (Å²) in [6.45, 7) is 0.529. The first kappa shape index (κ1) is 12.6. The minimum Gasteiger partial charge on any atom is -0.385 e. The predicted molar refractivity (Wildman–Crippen MR) is 69.1 cm³/mol. The Balaban J connectivity index is 1.98. The van der Waals surface area contributed by atoms with Crippen molar-refractivity contribution in [2.24, 2.45) is 0 Å². The minimum absolute atomic E-state index is 0.264. The summed E-state index contributed by atoms with van der Waals surface area (Å²) in [6.07, 6.45) is 1.48. The summed E-state index contributed by atoms with van der Waals surface area (Å²) in [6, 6.07) is 4.98. The zero-order valence-corrected chi connectivity index (χ0v) is 12.0. The highest BCUT2D eigenvalue weighted by atomic mass is 79.9. The standard InChI is InChI=1S/C12H13BrO4S/c13-10-5-8(12(14)3-4-12)1-2-11(10)18(15,16)9-6-17-7-9/h1-2,5,9,14H,3-4,6-7H2. The van der Waals surface area contributed by atoms with Gasteiger partial charge in [0.2, 0.25) is 0 Å². The lowest BCUT2D eigenvalue weighted by Crippen LogP contribution is -2.40. The molecule has 0 radical (unpaired) electrons. The van der Waals surface area contributed by atoms with Crippen LogP contribution >= 0.6 is 15.9 Å². The number of sulfone groups is 1. The largest absolute Gasteiger partial charge is 0.385 e. The molecule has 1 aromatic rings. The van der Waals surface area contributed by atoms with Crippen LogP contribution in [0.3, 0.4) is 0 Å². The highest BCUT2D eigenvalue weighted by molar-refractivity contribution is 9.10. The first-order chi connectivity index (χ1) is 8.43. The molecule has 1 aliphatic carbocycles. The van der Waals surface area contributed by atoms with Gasteiger partial charge in [0.1, 0.15) is 5.25 Å². The van der Waals surface area contributed by atoms with Gasteiger partial charge in [0.15, 0.2) is 9.84 Å². The van der Waals surface area contributed by atoms with Crippen molar-refractivity contribution in [2.45, 2.75) is 28.6 Å². The molecule has 1 saturated heterocycles. The Morgan fingerprint density at radius 2 is 2.00 bits per heavy atom. The maximum atomic E-state index is 12.2. The van der Waals surface area contributed by atoms with Gasteiger partial charge in [-0.3, -0.25) is 0 Å². The Morgan fingerprint density at radius 3 is 2.44 bits per heavy atom. The molecule has 18 heavy (non-hydrogen) atoms. The molecule has 1 N–H and O–H groups in total. The molecule has 0 amide bonds. The average Bonchev–Trinajstić information content (AvgIpc) is 2.93. The van der Waals surface area contributed by atoms with Crippen molar-refractivity contribution in [1.82, 2.24) is 0 Å². The first-order valence-corrected chi connectivity index (χ1v) is 8.11. The molecule has 0 atom stereocenters. The molecule has 0 spiro atoms. The molecular formula is C12H13BrO4S. The SMILES string of the molecule is O=S(=O)(c1ccc(C2(O)CC2)cc1Br)C1COC1. The summed E-state index contributed by atoms with van der Waals surface area (Å²) < 4.78 is 29.9. The molecule has 1 aromatic carbocycles. The summed E-state index contributed by atoms with van der Waals surface area (Å²) in [5, 5.41) is 9.55. The Labute approximate surface area is 114 Å². The van der Waals surface area contributed by atoms with Crippen LogP contribution in [0.25, 0.3) is 0 Å². The van der Waals surface area contributed by atoms with E-state index in [9.17, 15) is 13.5 Å². The van der Waals surface area contributed by atoms with E-state index in [1.165, 1.54) is 0 Å². The van der Waals surface area contributed by atoms with Crippen molar-refractivity contribution in [3.8, 4) is 0 Å². The van der Waals surface area contributed by atoms with Gasteiger partial charge >= 0.3 is 0 Å². The van der Waals surface area contributed by atoms with Crippen LogP contribution in [0.4, 0.5) is 0 Å². The van der Waals surface area contributed by atoms with E-state index in [1.54, 1.807) is 18.2 Å². The Hall–Kier alpha value is -0.430. The lowest BCUT2D eigenvalue weighted by Gasteiger charge is -2.26. The van der Waals surface area contributed by atoms with E-state index in [0.717, 1.165) is 18.4 Å². The van der Waals surface area contributed by atoms with Crippen molar-refractivity contribution in [2.75, 3.05) is 13.2 Å². The molecule has 0 aromatic heterocycles. The van der Waals surface area contributed by atoms with Crippen LogP contribution in [0.1, 0.15) is 18.4 Å². The van der Waals surface area contributed by atoms with Gasteiger partial charge < -0.3 is 9.84 Å². The molecule has 4 nitrogen and oxygen atoms in total. The molecule has 6 heteroatoms. The van der Waals surface area contributed by atoms with Crippen molar-refractivity contribution in [1.29, 1.82) is 0 Å². The van der Waals surface area contributed by atoms with Gasteiger partial charge in [-0.1, -0.05) is 6.07 Å². The molecule has 98 valence electrons. The highest BCUT2D eigenvalue weighted by Gasteiger charge is 2.43. The number of hydrogen-bond donors (Lipinski definition) is 1. The highest BCUT2D eigenvalue weighted by Crippen LogP contribution is 2.46. The lowest BCUT2D eigenvalue weighted by molar-refractivity contribution is 0.0416. The number of halogens is 1. The summed E-state index contributed by atoms with van der Waals surface area (Å²) in [5.74, 6) is 0. The number of rotatable bonds is 3. The summed E-state index contributed by atoms with van der Waals surface area (Å²) in [5.41, 5.74) is 0.0305.